The number of amides is 1. The zero-order chi connectivity index (χ0) is 18.5. The average Bonchev–Trinajstić information content (AvgIpc) is 2.68. The van der Waals surface area contributed by atoms with Gasteiger partial charge in [0.2, 0.25) is 11.8 Å². The lowest BCUT2D eigenvalue weighted by molar-refractivity contribution is 0.102. The molecule has 0 bridgehead atoms. The molecule has 9 nitrogen and oxygen atoms in total. The third kappa shape index (κ3) is 3.83. The summed E-state index contributed by atoms with van der Waals surface area (Å²) < 4.78 is 10.5. The fourth-order valence-electron chi connectivity index (χ4n) is 2.62. The van der Waals surface area contributed by atoms with Crippen molar-refractivity contribution in [3.8, 4) is 5.88 Å². The number of carbonyl (C=O) groups is 1. The summed E-state index contributed by atoms with van der Waals surface area (Å²) in [6, 6.07) is 3.34. The summed E-state index contributed by atoms with van der Waals surface area (Å²) in [5, 5.41) is 2.84. The molecule has 1 N–H and O–H groups in total. The molecular weight excluding hydrogens is 336 g/mol. The Bertz CT molecular complexity index is 777. The van der Waals surface area contributed by atoms with Crippen molar-refractivity contribution in [2.45, 2.75) is 0 Å². The Labute approximate surface area is 152 Å². The van der Waals surface area contributed by atoms with E-state index in [1.807, 2.05) is 19.0 Å². The minimum absolute atomic E-state index is 0.266. The molecule has 1 saturated heterocycles. The van der Waals surface area contributed by atoms with Crippen LogP contribution in [0.1, 0.15) is 10.4 Å². The number of methoxy groups -OCH3 is 1. The van der Waals surface area contributed by atoms with E-state index in [9.17, 15) is 4.79 Å². The van der Waals surface area contributed by atoms with Crippen LogP contribution in [0.2, 0.25) is 0 Å². The van der Waals surface area contributed by atoms with Gasteiger partial charge in [0.1, 0.15) is 11.3 Å². The number of hydrogen-bond acceptors (Lipinski definition) is 8. The molecule has 1 aliphatic rings. The van der Waals surface area contributed by atoms with Crippen molar-refractivity contribution >= 4 is 23.4 Å². The number of morpholine rings is 1. The molecule has 1 amide bonds. The predicted molar refractivity (Wildman–Crippen MR) is 98.1 cm³/mol. The van der Waals surface area contributed by atoms with Gasteiger partial charge in [0.05, 0.1) is 26.5 Å². The maximum absolute atomic E-state index is 12.6. The quantitative estimate of drug-likeness (QED) is 0.847. The molecule has 138 valence electrons. The zero-order valence-electron chi connectivity index (χ0n) is 15.1. The molecule has 2 aromatic heterocycles. The number of hydrogen-bond donors (Lipinski definition) is 1. The lowest BCUT2D eigenvalue weighted by Crippen LogP contribution is -2.37. The molecule has 9 heteroatoms. The molecular formula is C17H22N6O3. The van der Waals surface area contributed by atoms with Gasteiger partial charge in [0, 0.05) is 33.4 Å². The monoisotopic (exact) mass is 358 g/mol. The summed E-state index contributed by atoms with van der Waals surface area (Å²) >= 11 is 0. The molecule has 1 fully saturated rings. The van der Waals surface area contributed by atoms with Crippen molar-refractivity contribution in [3.05, 3.63) is 30.1 Å². The second-order valence-electron chi connectivity index (χ2n) is 5.92. The summed E-state index contributed by atoms with van der Waals surface area (Å²) in [6.45, 7) is 2.79. The Morgan fingerprint density at radius 1 is 1.31 bits per heavy atom. The Morgan fingerprint density at radius 2 is 2.08 bits per heavy atom. The van der Waals surface area contributed by atoms with Gasteiger partial charge >= 0.3 is 0 Å². The number of pyridine rings is 1. The largest absolute Gasteiger partial charge is 0.480 e. The first-order chi connectivity index (χ1) is 12.6. The van der Waals surface area contributed by atoms with Crippen LogP contribution in [-0.4, -0.2) is 68.4 Å². The lowest BCUT2D eigenvalue weighted by atomic mass is 10.2. The Balaban J connectivity index is 1.86. The highest BCUT2D eigenvalue weighted by Crippen LogP contribution is 2.25. The van der Waals surface area contributed by atoms with E-state index in [2.05, 4.69) is 25.2 Å². The fraction of sp³-hybridized carbons (Fsp3) is 0.412. The first kappa shape index (κ1) is 17.9. The molecule has 0 atom stereocenters. The number of aromatic nitrogens is 3. The van der Waals surface area contributed by atoms with Crippen molar-refractivity contribution in [1.29, 1.82) is 0 Å². The fourth-order valence-corrected chi connectivity index (χ4v) is 2.62. The molecule has 26 heavy (non-hydrogen) atoms. The standard InChI is InChI=1S/C17H22N6O3/c1-22(2)14-13(11-19-17(21-14)23-7-9-26-10-8-23)20-15(24)12-5-4-6-18-16(12)25-3/h4-6,11H,7-10H2,1-3H3,(H,20,24). The Morgan fingerprint density at radius 3 is 2.77 bits per heavy atom. The van der Waals surface area contributed by atoms with Crippen molar-refractivity contribution in [2.24, 2.45) is 0 Å². The zero-order valence-corrected chi connectivity index (χ0v) is 15.1. The van der Waals surface area contributed by atoms with E-state index < -0.39 is 0 Å². The van der Waals surface area contributed by atoms with Crippen LogP contribution in [0.3, 0.4) is 0 Å². The van der Waals surface area contributed by atoms with Gasteiger partial charge in [0.25, 0.3) is 5.91 Å². The highest BCUT2D eigenvalue weighted by Gasteiger charge is 2.19. The highest BCUT2D eigenvalue weighted by molar-refractivity contribution is 6.07. The normalized spacial score (nSPS) is 14.0. The first-order valence-corrected chi connectivity index (χ1v) is 8.27. The molecule has 0 aromatic carbocycles. The summed E-state index contributed by atoms with van der Waals surface area (Å²) in [7, 11) is 5.21. The van der Waals surface area contributed by atoms with E-state index in [4.69, 9.17) is 9.47 Å². The Kier molecular flexibility index (Phi) is 5.47. The molecule has 3 rings (SSSR count). The second kappa shape index (κ2) is 7.96. The van der Waals surface area contributed by atoms with E-state index in [-0.39, 0.29) is 11.8 Å². The van der Waals surface area contributed by atoms with E-state index in [1.165, 1.54) is 7.11 Å². The van der Waals surface area contributed by atoms with Crippen LogP contribution in [0.25, 0.3) is 0 Å². The minimum atomic E-state index is -0.333. The average molecular weight is 358 g/mol. The number of anilines is 3. The van der Waals surface area contributed by atoms with Crippen molar-refractivity contribution in [3.63, 3.8) is 0 Å². The SMILES string of the molecule is COc1ncccc1C(=O)Nc1cnc(N2CCOCC2)nc1N(C)C. The predicted octanol–water partition coefficient (Wildman–Crippen LogP) is 1.04. The van der Waals surface area contributed by atoms with Gasteiger partial charge in [-0.15, -0.1) is 0 Å². The lowest BCUT2D eigenvalue weighted by Gasteiger charge is -2.28. The van der Waals surface area contributed by atoms with E-state index >= 15 is 0 Å². The minimum Gasteiger partial charge on any atom is -0.480 e. The van der Waals surface area contributed by atoms with Crippen LogP contribution in [0.5, 0.6) is 5.88 Å². The molecule has 0 unspecified atom stereocenters. The van der Waals surface area contributed by atoms with E-state index in [0.29, 0.717) is 36.2 Å². The second-order valence-corrected chi connectivity index (χ2v) is 5.92. The van der Waals surface area contributed by atoms with Crippen LogP contribution in [0.4, 0.5) is 17.5 Å². The van der Waals surface area contributed by atoms with Gasteiger partial charge in [-0.3, -0.25) is 4.79 Å². The summed E-state index contributed by atoms with van der Waals surface area (Å²) in [5.41, 5.74) is 0.861. The summed E-state index contributed by atoms with van der Waals surface area (Å²) in [5.74, 6) is 1.18. The number of ether oxygens (including phenoxy) is 2. The molecule has 0 aliphatic carbocycles. The van der Waals surface area contributed by atoms with E-state index in [1.54, 1.807) is 24.5 Å². The van der Waals surface area contributed by atoms with Gasteiger partial charge < -0.3 is 24.6 Å². The van der Waals surface area contributed by atoms with Crippen molar-refractivity contribution in [1.82, 2.24) is 15.0 Å². The van der Waals surface area contributed by atoms with Gasteiger partial charge in [-0.25, -0.2) is 9.97 Å². The third-order valence-electron chi connectivity index (χ3n) is 3.93. The molecule has 0 saturated carbocycles. The maximum atomic E-state index is 12.6. The van der Waals surface area contributed by atoms with Crippen LogP contribution < -0.4 is 19.9 Å². The topological polar surface area (TPSA) is 92.7 Å². The van der Waals surface area contributed by atoms with Crippen LogP contribution in [0.15, 0.2) is 24.5 Å². The van der Waals surface area contributed by atoms with Crippen LogP contribution in [0, 0.1) is 0 Å². The van der Waals surface area contributed by atoms with Crippen LogP contribution >= 0.6 is 0 Å². The third-order valence-corrected chi connectivity index (χ3v) is 3.93. The maximum Gasteiger partial charge on any atom is 0.261 e. The van der Waals surface area contributed by atoms with Gasteiger partial charge in [-0.2, -0.15) is 4.98 Å². The van der Waals surface area contributed by atoms with Crippen LogP contribution in [-0.2, 0) is 4.74 Å². The van der Waals surface area contributed by atoms with Crippen molar-refractivity contribution < 1.29 is 14.3 Å². The van der Waals surface area contributed by atoms with Crippen molar-refractivity contribution in [2.75, 3.05) is 62.6 Å². The Hall–Kier alpha value is -2.94. The van der Waals surface area contributed by atoms with Gasteiger partial charge in [-0.1, -0.05) is 0 Å². The summed E-state index contributed by atoms with van der Waals surface area (Å²) in [4.78, 5) is 29.6. The number of nitrogens with zero attached hydrogens (tertiary/aromatic N) is 5. The smallest absolute Gasteiger partial charge is 0.261 e. The molecule has 0 radical (unpaired) electrons. The highest BCUT2D eigenvalue weighted by atomic mass is 16.5. The number of nitrogens with one attached hydrogen (secondary N) is 1. The number of carbonyl (C=O) groups excluding carboxylic acids is 1. The molecule has 2 aromatic rings. The first-order valence-electron chi connectivity index (χ1n) is 8.27. The molecule has 0 spiro atoms. The van der Waals surface area contributed by atoms with E-state index in [0.717, 1.165) is 13.1 Å². The number of rotatable bonds is 5. The summed E-state index contributed by atoms with van der Waals surface area (Å²) in [6.07, 6.45) is 3.19. The molecule has 1 aliphatic heterocycles. The van der Waals surface area contributed by atoms with Gasteiger partial charge in [0.15, 0.2) is 5.82 Å². The molecule has 3 heterocycles. The van der Waals surface area contributed by atoms with Gasteiger partial charge in [-0.05, 0) is 12.1 Å².